The molecule has 0 saturated carbocycles. The maximum absolute atomic E-state index is 14.1. The summed E-state index contributed by atoms with van der Waals surface area (Å²) in [6.45, 7) is 6.73. The normalized spacial score (nSPS) is 29.8. The van der Waals surface area contributed by atoms with Gasteiger partial charge in [0.05, 0.1) is 37.0 Å². The van der Waals surface area contributed by atoms with E-state index in [9.17, 15) is 14.7 Å². The number of unbranched alkanes of at least 4 members (excludes halogenated alkanes) is 12. The van der Waals surface area contributed by atoms with E-state index in [-0.39, 0.29) is 36.0 Å². The molecule has 0 aromatic heterocycles. The number of carbonyl (C=O) groups is 2. The molecule has 2 spiro atoms. The van der Waals surface area contributed by atoms with E-state index < -0.39 is 17.6 Å². The van der Waals surface area contributed by atoms with Crippen LogP contribution >= 0.6 is 0 Å². The Hall–Kier alpha value is -2.25. The van der Waals surface area contributed by atoms with Crippen molar-refractivity contribution in [2.24, 2.45) is 17.4 Å². The predicted molar refractivity (Wildman–Crippen MR) is 225 cm³/mol. The zero-order chi connectivity index (χ0) is 40.5. The molecule has 57 heavy (non-hydrogen) atoms. The van der Waals surface area contributed by atoms with Crippen molar-refractivity contribution >= 4 is 17.8 Å². The molecule has 0 bridgehead atoms. The SMILES string of the molecule is CC[C@H]1C=CCC[C@@]2(C[C@@H]3CC[C@H]4[C@@H](C(=O)OCCCCCCCCCCCCCCCC(=O)N(CCCN)C[C@@H](O)CCN)[C@@]5(CCC[C@@H](C)O5)NC(=[N+]34)N2)O1. The Labute approximate surface area is 344 Å². The van der Waals surface area contributed by atoms with Crippen molar-refractivity contribution in [3.8, 4) is 0 Å². The van der Waals surface area contributed by atoms with Crippen LogP contribution in [-0.4, -0.2) is 107 Å². The molecular weight excluding hydrogens is 721 g/mol. The molecule has 5 rings (SSSR count). The van der Waals surface area contributed by atoms with Gasteiger partial charge < -0.3 is 35.7 Å². The summed E-state index contributed by atoms with van der Waals surface area (Å²) in [7, 11) is 0. The molecular formula is C45H81N6O6+. The molecule has 0 aromatic rings. The van der Waals surface area contributed by atoms with Gasteiger partial charge in [0.1, 0.15) is 0 Å². The van der Waals surface area contributed by atoms with E-state index in [1.807, 2.05) is 0 Å². The zero-order valence-corrected chi connectivity index (χ0v) is 35.9. The van der Waals surface area contributed by atoms with Crippen LogP contribution in [0.5, 0.6) is 0 Å². The van der Waals surface area contributed by atoms with Gasteiger partial charge in [-0.2, -0.15) is 0 Å². The van der Waals surface area contributed by atoms with Gasteiger partial charge in [0.25, 0.3) is 0 Å². The van der Waals surface area contributed by atoms with Crippen molar-refractivity contribution in [2.45, 2.75) is 216 Å². The summed E-state index contributed by atoms with van der Waals surface area (Å²) in [5.74, 6) is 0.653. The smallest absolute Gasteiger partial charge is 0.350 e. The predicted octanol–water partition coefficient (Wildman–Crippen LogP) is 6.12. The molecule has 5 aliphatic heterocycles. The molecule has 5 heterocycles. The molecule has 0 radical (unpaired) electrons. The number of hydrogen-bond donors (Lipinski definition) is 5. The van der Waals surface area contributed by atoms with Crippen molar-refractivity contribution in [3.63, 3.8) is 0 Å². The molecule has 0 aromatic carbocycles. The number of hydrogen-bond acceptors (Lipinski definition) is 10. The van der Waals surface area contributed by atoms with Gasteiger partial charge >= 0.3 is 11.9 Å². The van der Waals surface area contributed by atoms with Crippen LogP contribution in [0.1, 0.15) is 174 Å². The topological polar surface area (TPSA) is 164 Å². The van der Waals surface area contributed by atoms with Gasteiger partial charge in [-0.3, -0.25) is 14.2 Å². The first-order valence-electron chi connectivity index (χ1n) is 23.5. The van der Waals surface area contributed by atoms with Crippen molar-refractivity contribution < 1.29 is 33.5 Å². The highest BCUT2D eigenvalue weighted by molar-refractivity contribution is 5.82. The van der Waals surface area contributed by atoms with Crippen LogP contribution in [0.15, 0.2) is 12.2 Å². The third kappa shape index (κ3) is 13.1. The van der Waals surface area contributed by atoms with Gasteiger partial charge in [0, 0.05) is 38.8 Å². The zero-order valence-electron chi connectivity index (χ0n) is 35.9. The number of guanidine groups is 1. The van der Waals surface area contributed by atoms with Gasteiger partial charge in [0.2, 0.25) is 11.6 Å². The van der Waals surface area contributed by atoms with Crippen molar-refractivity contribution in [3.05, 3.63) is 12.2 Å². The summed E-state index contributed by atoms with van der Waals surface area (Å²) in [5, 5.41) is 17.8. The molecule has 326 valence electrons. The molecule has 2 fully saturated rings. The lowest BCUT2D eigenvalue weighted by molar-refractivity contribution is -0.609. The van der Waals surface area contributed by atoms with E-state index in [4.69, 9.17) is 25.7 Å². The largest absolute Gasteiger partial charge is 0.465 e. The highest BCUT2D eigenvalue weighted by atomic mass is 16.6. The van der Waals surface area contributed by atoms with Gasteiger partial charge in [-0.1, -0.05) is 89.7 Å². The Morgan fingerprint density at radius 2 is 1.63 bits per heavy atom. The molecule has 8 atom stereocenters. The Bertz CT molecular complexity index is 1300. The first-order valence-corrected chi connectivity index (χ1v) is 23.5. The lowest BCUT2D eigenvalue weighted by Gasteiger charge is -2.50. The van der Waals surface area contributed by atoms with Crippen LogP contribution in [0.2, 0.25) is 0 Å². The fourth-order valence-corrected chi connectivity index (χ4v) is 10.3. The van der Waals surface area contributed by atoms with Crippen molar-refractivity contribution in [2.75, 3.05) is 32.8 Å². The number of nitrogens with zero attached hydrogens (tertiary/aromatic N) is 2. The lowest BCUT2D eigenvalue weighted by Crippen LogP contribution is -2.76. The van der Waals surface area contributed by atoms with Gasteiger partial charge in [0.15, 0.2) is 11.6 Å². The van der Waals surface area contributed by atoms with E-state index in [1.165, 1.54) is 57.8 Å². The highest BCUT2D eigenvalue weighted by Crippen LogP contribution is 2.45. The van der Waals surface area contributed by atoms with E-state index in [1.54, 1.807) is 4.90 Å². The fourth-order valence-electron chi connectivity index (χ4n) is 10.3. The molecule has 2 saturated heterocycles. The number of rotatable bonds is 25. The quantitative estimate of drug-likeness (QED) is 0.0315. The maximum atomic E-state index is 14.1. The number of amides is 1. The standard InChI is InChI=1S/C45H80N6O6/c1-3-38-22-16-17-27-44(57-38)33-36-24-25-39-41(45(28-19-21-35(2)56-45)49-43(48-44)51(36)39)42(54)55-32-18-14-12-10-8-6-4-5-7-9-11-13-15-23-40(53)50(31-20-29-46)34-37(52)26-30-47/h16,22,35-39,41,52H,3-15,17-21,23-34,46-47H2,1-2H3,(H,48,49)/p+1/t35-,36+,37+,38+,39+,41+,44+,45+/m1/s1. The Kier molecular flexibility index (Phi) is 18.9. The molecule has 5 aliphatic rings. The number of nitrogens with one attached hydrogen (secondary N) is 2. The third-order valence-electron chi connectivity index (χ3n) is 13.3. The van der Waals surface area contributed by atoms with Crippen molar-refractivity contribution in [1.29, 1.82) is 0 Å². The molecule has 12 heteroatoms. The van der Waals surface area contributed by atoms with Crippen LogP contribution in [0.4, 0.5) is 0 Å². The number of carbonyl (C=O) groups excluding carboxylic acids is 2. The van der Waals surface area contributed by atoms with Crippen LogP contribution in [0, 0.1) is 5.92 Å². The summed E-state index contributed by atoms with van der Waals surface area (Å²) >= 11 is 0. The second kappa shape index (κ2) is 23.5. The number of allylic oxidation sites excluding steroid dienone is 1. The fraction of sp³-hybridized carbons (Fsp3) is 0.889. The molecule has 12 nitrogen and oxygen atoms in total. The summed E-state index contributed by atoms with van der Waals surface area (Å²) < 4.78 is 22.1. The van der Waals surface area contributed by atoms with E-state index >= 15 is 0 Å². The summed E-state index contributed by atoms with van der Waals surface area (Å²) in [5.41, 5.74) is 10.0. The maximum Gasteiger partial charge on any atom is 0.350 e. The van der Waals surface area contributed by atoms with E-state index in [0.29, 0.717) is 51.7 Å². The number of aliphatic hydroxyl groups excluding tert-OH is 1. The van der Waals surface area contributed by atoms with E-state index in [2.05, 4.69) is 41.2 Å². The molecule has 1 amide bonds. The average Bonchev–Trinajstić information content (AvgIpc) is 3.49. The van der Waals surface area contributed by atoms with Crippen molar-refractivity contribution in [1.82, 2.24) is 15.5 Å². The lowest BCUT2D eigenvalue weighted by atomic mass is 9.80. The monoisotopic (exact) mass is 802 g/mol. The first kappa shape index (κ1) is 45.8. The van der Waals surface area contributed by atoms with Gasteiger partial charge in [-0.15, -0.1) is 0 Å². The average molecular weight is 802 g/mol. The number of nitrogens with two attached hydrogens (primary N) is 2. The van der Waals surface area contributed by atoms with Gasteiger partial charge in [-0.25, -0.2) is 10.6 Å². The van der Waals surface area contributed by atoms with Crippen LogP contribution in [-0.2, 0) is 23.8 Å². The molecule has 7 N–H and O–H groups in total. The number of esters is 1. The summed E-state index contributed by atoms with van der Waals surface area (Å²) in [4.78, 5) is 28.5. The van der Waals surface area contributed by atoms with Crippen LogP contribution < -0.4 is 22.1 Å². The summed E-state index contributed by atoms with van der Waals surface area (Å²) in [6, 6.07) is 0.391. The van der Waals surface area contributed by atoms with E-state index in [0.717, 1.165) is 95.9 Å². The Morgan fingerprint density at radius 3 is 2.30 bits per heavy atom. The first-order chi connectivity index (χ1) is 27.7. The summed E-state index contributed by atoms with van der Waals surface area (Å²) in [6.07, 6.45) is 29.7. The van der Waals surface area contributed by atoms with Gasteiger partial charge in [-0.05, 0) is 84.2 Å². The number of ether oxygens (including phenoxy) is 3. The third-order valence-corrected chi connectivity index (χ3v) is 13.3. The Morgan fingerprint density at radius 1 is 0.930 bits per heavy atom. The Balaban J connectivity index is 0.941. The molecule has 0 aliphatic carbocycles. The number of aliphatic hydroxyl groups is 1. The minimum atomic E-state index is -0.761. The highest BCUT2D eigenvalue weighted by Gasteiger charge is 2.64. The second-order valence-corrected chi connectivity index (χ2v) is 17.9. The minimum Gasteiger partial charge on any atom is -0.465 e. The molecule has 0 unspecified atom stereocenters. The van der Waals surface area contributed by atoms with Crippen LogP contribution in [0.25, 0.3) is 0 Å². The second-order valence-electron chi connectivity index (χ2n) is 17.9. The van der Waals surface area contributed by atoms with Crippen LogP contribution in [0.3, 0.4) is 0 Å². The minimum absolute atomic E-state index is 0.0619.